The van der Waals surface area contributed by atoms with Crippen molar-refractivity contribution in [1.82, 2.24) is 10.6 Å². The molecule has 1 amide bonds. The Hall–Kier alpha value is -1.43. The fourth-order valence-electron chi connectivity index (χ4n) is 4.28. The first kappa shape index (κ1) is 32.6. The van der Waals surface area contributed by atoms with Gasteiger partial charge in [-0.05, 0) is 33.1 Å². The summed E-state index contributed by atoms with van der Waals surface area (Å²) in [5.74, 6) is -1.09. The van der Waals surface area contributed by atoms with Gasteiger partial charge in [-0.3, -0.25) is 14.4 Å². The second kappa shape index (κ2) is 13.4. The van der Waals surface area contributed by atoms with Gasteiger partial charge in [-0.1, -0.05) is 34.6 Å². The van der Waals surface area contributed by atoms with Crippen molar-refractivity contribution in [3.05, 3.63) is 0 Å². The molecule has 5 N–H and O–H groups in total. The van der Waals surface area contributed by atoms with Crippen molar-refractivity contribution in [3.8, 4) is 0 Å². The third-order valence-corrected chi connectivity index (χ3v) is 6.28. The second-order valence-electron chi connectivity index (χ2n) is 12.2. The molecule has 0 aromatic rings. The van der Waals surface area contributed by atoms with Crippen molar-refractivity contribution in [3.63, 3.8) is 0 Å². The predicted molar refractivity (Wildman–Crippen MR) is 135 cm³/mol. The van der Waals surface area contributed by atoms with E-state index < -0.39 is 48.1 Å². The highest BCUT2D eigenvalue weighted by molar-refractivity contribution is 5.93. The second-order valence-corrected chi connectivity index (χ2v) is 12.2. The number of carbonyl (C=O) groups is 3. The molecule has 0 aliphatic carbocycles. The molecule has 0 aromatic heterocycles. The number of aliphatic hydroxyl groups excluding tert-OH is 3. The number of ether oxygens (including phenoxy) is 2. The Morgan fingerprint density at radius 1 is 0.972 bits per heavy atom. The molecule has 7 atom stereocenters. The van der Waals surface area contributed by atoms with E-state index in [1.807, 2.05) is 34.6 Å². The first-order chi connectivity index (χ1) is 16.4. The van der Waals surface area contributed by atoms with E-state index in [1.165, 1.54) is 7.11 Å². The number of Topliss-reactive ketones (excluding diaryl/α,β-unsaturated/α-hetero) is 2. The van der Waals surface area contributed by atoms with Gasteiger partial charge in [0.15, 0.2) is 12.1 Å². The summed E-state index contributed by atoms with van der Waals surface area (Å²) in [5, 5.41) is 36.0. The highest BCUT2D eigenvalue weighted by Crippen LogP contribution is 2.27. The van der Waals surface area contributed by atoms with Crippen molar-refractivity contribution >= 4 is 17.5 Å². The standard InChI is InChI=1S/C26H48N2O8/c1-14(2)19(28-26(6,7)8)16(29)12-15(23(34)25(3,4)5)10-11-18(30)27-13-17-20(31)21(32)22(33)24(35-9)36-17/h14-15,17,19-22,24,28,31-33H,10-13H2,1-9H3,(H,27,30)/t15-,17-,19+,20-,21+,22-,24-/m1/s1. The topological polar surface area (TPSA) is 154 Å². The Balaban J connectivity index is 2.82. The molecule has 1 aliphatic heterocycles. The summed E-state index contributed by atoms with van der Waals surface area (Å²) in [7, 11) is 1.29. The molecule has 1 saturated heterocycles. The van der Waals surface area contributed by atoms with Crippen LogP contribution in [-0.4, -0.2) is 88.7 Å². The SMILES string of the molecule is CO[C@@H]1O[C@H](CNC(=O)CC[C@H](CC(=O)[C@@H](NC(C)(C)C)C(C)C)C(=O)C(C)(C)C)[C@@H](O)[C@H](O)[C@H]1O. The lowest BCUT2D eigenvalue weighted by atomic mass is 9.77. The van der Waals surface area contributed by atoms with Gasteiger partial charge in [0.05, 0.1) is 6.04 Å². The van der Waals surface area contributed by atoms with Crippen LogP contribution in [0.5, 0.6) is 0 Å². The summed E-state index contributed by atoms with van der Waals surface area (Å²) in [6, 6.07) is -0.408. The van der Waals surface area contributed by atoms with E-state index in [0.29, 0.717) is 0 Å². The van der Waals surface area contributed by atoms with Crippen LogP contribution in [0, 0.1) is 17.3 Å². The maximum Gasteiger partial charge on any atom is 0.220 e. The minimum Gasteiger partial charge on any atom is -0.388 e. The Bertz CT molecular complexity index is 741. The van der Waals surface area contributed by atoms with Crippen molar-refractivity contribution in [2.75, 3.05) is 13.7 Å². The fourth-order valence-corrected chi connectivity index (χ4v) is 4.28. The maximum atomic E-state index is 13.2. The summed E-state index contributed by atoms with van der Waals surface area (Å²) < 4.78 is 10.4. The van der Waals surface area contributed by atoms with Crippen molar-refractivity contribution < 1.29 is 39.2 Å². The van der Waals surface area contributed by atoms with Gasteiger partial charge in [0.25, 0.3) is 0 Å². The average molecular weight is 517 g/mol. The van der Waals surface area contributed by atoms with Crippen LogP contribution in [0.3, 0.4) is 0 Å². The van der Waals surface area contributed by atoms with Gasteiger partial charge in [-0.2, -0.15) is 0 Å². The number of aliphatic hydroxyl groups is 3. The minimum atomic E-state index is -1.49. The van der Waals surface area contributed by atoms with Gasteiger partial charge in [0, 0.05) is 43.4 Å². The van der Waals surface area contributed by atoms with Gasteiger partial charge in [0.1, 0.15) is 30.2 Å². The van der Waals surface area contributed by atoms with Gasteiger partial charge >= 0.3 is 0 Å². The molecule has 1 fully saturated rings. The van der Waals surface area contributed by atoms with Crippen LogP contribution in [-0.2, 0) is 23.9 Å². The molecule has 1 aliphatic rings. The molecule has 36 heavy (non-hydrogen) atoms. The van der Waals surface area contributed by atoms with Gasteiger partial charge in [0.2, 0.25) is 5.91 Å². The Labute approximate surface area is 215 Å². The molecule has 10 heteroatoms. The summed E-state index contributed by atoms with van der Waals surface area (Å²) in [6.45, 7) is 15.2. The Kier molecular flexibility index (Phi) is 12.1. The highest BCUT2D eigenvalue weighted by Gasteiger charge is 2.44. The zero-order chi connectivity index (χ0) is 28.0. The number of carbonyl (C=O) groups excluding carboxylic acids is 3. The van der Waals surface area contributed by atoms with Crippen molar-refractivity contribution in [1.29, 1.82) is 0 Å². The molecule has 210 valence electrons. The highest BCUT2D eigenvalue weighted by atomic mass is 16.7. The minimum absolute atomic E-state index is 0.000507. The van der Waals surface area contributed by atoms with Gasteiger partial charge in [-0.15, -0.1) is 0 Å². The zero-order valence-electron chi connectivity index (χ0n) is 23.3. The quantitative estimate of drug-likeness (QED) is 0.255. The van der Waals surface area contributed by atoms with E-state index in [0.717, 1.165) is 0 Å². The van der Waals surface area contributed by atoms with Crippen LogP contribution in [0.15, 0.2) is 0 Å². The average Bonchev–Trinajstić information content (AvgIpc) is 2.76. The largest absolute Gasteiger partial charge is 0.388 e. The van der Waals surface area contributed by atoms with E-state index in [1.54, 1.807) is 20.8 Å². The molecule has 0 unspecified atom stereocenters. The molecule has 1 heterocycles. The number of rotatable bonds is 12. The third-order valence-electron chi connectivity index (χ3n) is 6.28. The van der Waals surface area contributed by atoms with Crippen LogP contribution in [0.2, 0.25) is 0 Å². The van der Waals surface area contributed by atoms with E-state index in [4.69, 9.17) is 9.47 Å². The van der Waals surface area contributed by atoms with Crippen molar-refractivity contribution in [2.24, 2.45) is 17.3 Å². The molecule has 1 rings (SSSR count). The molecule has 0 saturated carbocycles. The lowest BCUT2D eigenvalue weighted by Crippen LogP contribution is -2.60. The van der Waals surface area contributed by atoms with E-state index in [9.17, 15) is 29.7 Å². The fraction of sp³-hybridized carbons (Fsp3) is 0.885. The smallest absolute Gasteiger partial charge is 0.220 e. The van der Waals surface area contributed by atoms with Gasteiger partial charge < -0.3 is 35.4 Å². The molecule has 0 radical (unpaired) electrons. The summed E-state index contributed by atoms with van der Waals surface area (Å²) in [6.07, 6.45) is -6.20. The lowest BCUT2D eigenvalue weighted by Gasteiger charge is -2.39. The molecule has 0 aromatic carbocycles. The van der Waals surface area contributed by atoms with E-state index in [-0.39, 0.29) is 54.7 Å². The number of hydrogen-bond acceptors (Lipinski definition) is 9. The molecule has 10 nitrogen and oxygen atoms in total. The predicted octanol–water partition coefficient (Wildman–Crippen LogP) is 0.940. The Morgan fingerprint density at radius 2 is 1.56 bits per heavy atom. The molecular formula is C26H48N2O8. The van der Waals surface area contributed by atoms with E-state index >= 15 is 0 Å². The number of ketones is 2. The van der Waals surface area contributed by atoms with E-state index in [2.05, 4.69) is 10.6 Å². The van der Waals surface area contributed by atoms with Crippen molar-refractivity contribution in [2.45, 2.75) is 117 Å². The normalized spacial score (nSPS) is 27.0. The molecule has 0 bridgehead atoms. The number of methoxy groups -OCH3 is 1. The Morgan fingerprint density at radius 3 is 2.03 bits per heavy atom. The summed E-state index contributed by atoms with van der Waals surface area (Å²) >= 11 is 0. The van der Waals surface area contributed by atoms with Crippen LogP contribution in [0.25, 0.3) is 0 Å². The number of nitrogens with one attached hydrogen (secondary N) is 2. The van der Waals surface area contributed by atoms with Crippen LogP contribution >= 0.6 is 0 Å². The summed E-state index contributed by atoms with van der Waals surface area (Å²) in [5.41, 5.74) is -0.941. The first-order valence-electron chi connectivity index (χ1n) is 12.7. The molecule has 0 spiro atoms. The lowest BCUT2D eigenvalue weighted by molar-refractivity contribution is -0.288. The summed E-state index contributed by atoms with van der Waals surface area (Å²) in [4.78, 5) is 39.0. The number of amides is 1. The maximum absolute atomic E-state index is 13.2. The first-order valence-corrected chi connectivity index (χ1v) is 12.7. The van der Waals surface area contributed by atoms with Crippen LogP contribution in [0.4, 0.5) is 0 Å². The molecular weight excluding hydrogens is 468 g/mol. The van der Waals surface area contributed by atoms with Crippen LogP contribution < -0.4 is 10.6 Å². The zero-order valence-corrected chi connectivity index (χ0v) is 23.3. The van der Waals surface area contributed by atoms with Gasteiger partial charge in [-0.25, -0.2) is 0 Å². The monoisotopic (exact) mass is 516 g/mol. The third kappa shape index (κ3) is 9.79. The number of hydrogen-bond donors (Lipinski definition) is 5. The van der Waals surface area contributed by atoms with Crippen LogP contribution in [0.1, 0.15) is 74.7 Å².